The number of carbonyl (C=O) groups excluding carboxylic acids is 2. The van der Waals surface area contributed by atoms with Crippen LogP contribution in [0, 0.1) is 17.3 Å². The van der Waals surface area contributed by atoms with Crippen LogP contribution in [-0.2, 0) is 16.0 Å². The molecule has 34 heavy (non-hydrogen) atoms. The summed E-state index contributed by atoms with van der Waals surface area (Å²) in [5.74, 6) is 0.818. The van der Waals surface area contributed by atoms with E-state index in [1.807, 2.05) is 32.9 Å². The molecule has 0 bridgehead atoms. The Hall–Kier alpha value is -2.20. The second-order valence-corrected chi connectivity index (χ2v) is 12.2. The standard InChI is InChI=1S/C30H44N2O2/c1-29(2,3)27(33)26(18-14-21-11-15-23-9-7-8-10-25(23)19-21)32-28(34)24-16-12-22(13-17-24)20-31-30(4,5)6/h7-11,15,19,22,24,26,31H,12-14,16-18,20H2,1-6H3,(H,32,34). The number of hydrogen-bond acceptors (Lipinski definition) is 3. The molecule has 2 aromatic rings. The van der Waals surface area contributed by atoms with E-state index in [1.165, 1.54) is 16.3 Å². The van der Waals surface area contributed by atoms with Gasteiger partial charge in [-0.15, -0.1) is 0 Å². The second kappa shape index (κ2) is 11.0. The van der Waals surface area contributed by atoms with Crippen molar-refractivity contribution in [3.8, 4) is 0 Å². The van der Waals surface area contributed by atoms with Crippen LogP contribution in [0.25, 0.3) is 10.8 Å². The third-order valence-corrected chi connectivity index (χ3v) is 7.05. The van der Waals surface area contributed by atoms with Crippen LogP contribution in [0.3, 0.4) is 0 Å². The molecule has 4 nitrogen and oxygen atoms in total. The predicted octanol–water partition coefficient (Wildman–Crippen LogP) is 6.07. The summed E-state index contributed by atoms with van der Waals surface area (Å²) < 4.78 is 0. The maximum Gasteiger partial charge on any atom is 0.223 e. The Labute approximate surface area is 206 Å². The van der Waals surface area contributed by atoms with Crippen LogP contribution in [-0.4, -0.2) is 29.8 Å². The number of rotatable bonds is 8. The molecule has 0 heterocycles. The van der Waals surface area contributed by atoms with E-state index < -0.39 is 11.5 Å². The van der Waals surface area contributed by atoms with Gasteiger partial charge in [-0.2, -0.15) is 0 Å². The molecular formula is C30H44N2O2. The van der Waals surface area contributed by atoms with Crippen molar-refractivity contribution in [3.63, 3.8) is 0 Å². The first-order chi connectivity index (χ1) is 15.9. The fourth-order valence-electron chi connectivity index (χ4n) is 4.87. The van der Waals surface area contributed by atoms with Crippen LogP contribution in [0.5, 0.6) is 0 Å². The number of nitrogens with one attached hydrogen (secondary N) is 2. The summed E-state index contributed by atoms with van der Waals surface area (Å²) in [4.78, 5) is 26.4. The summed E-state index contributed by atoms with van der Waals surface area (Å²) in [5, 5.41) is 9.19. The van der Waals surface area contributed by atoms with E-state index in [0.717, 1.165) is 38.6 Å². The van der Waals surface area contributed by atoms with Crippen molar-refractivity contribution < 1.29 is 9.59 Å². The molecule has 1 amide bonds. The van der Waals surface area contributed by atoms with Gasteiger partial charge in [0.15, 0.2) is 5.78 Å². The fourth-order valence-corrected chi connectivity index (χ4v) is 4.87. The summed E-state index contributed by atoms with van der Waals surface area (Å²) in [7, 11) is 0. The van der Waals surface area contributed by atoms with Gasteiger partial charge in [-0.1, -0.05) is 63.2 Å². The molecule has 0 saturated heterocycles. The van der Waals surface area contributed by atoms with Crippen molar-refractivity contribution in [2.45, 2.75) is 91.6 Å². The van der Waals surface area contributed by atoms with E-state index in [0.29, 0.717) is 12.3 Å². The second-order valence-electron chi connectivity index (χ2n) is 12.2. The number of hydrogen-bond donors (Lipinski definition) is 2. The molecule has 1 saturated carbocycles. The molecule has 1 aliphatic carbocycles. The van der Waals surface area contributed by atoms with E-state index in [2.05, 4.69) is 61.7 Å². The molecule has 0 aliphatic heterocycles. The molecule has 4 heteroatoms. The number of ketones is 1. The Morgan fingerprint density at radius 2 is 1.56 bits per heavy atom. The van der Waals surface area contributed by atoms with Crippen LogP contribution < -0.4 is 10.6 Å². The summed E-state index contributed by atoms with van der Waals surface area (Å²) in [6, 6.07) is 14.3. The van der Waals surface area contributed by atoms with Crippen LogP contribution in [0.1, 0.15) is 79.2 Å². The van der Waals surface area contributed by atoms with Gasteiger partial charge in [0, 0.05) is 16.9 Å². The van der Waals surface area contributed by atoms with Gasteiger partial charge in [0.05, 0.1) is 6.04 Å². The lowest BCUT2D eigenvalue weighted by molar-refractivity contribution is -0.134. The monoisotopic (exact) mass is 464 g/mol. The minimum absolute atomic E-state index is 0.0156. The number of carbonyl (C=O) groups is 2. The summed E-state index contributed by atoms with van der Waals surface area (Å²) >= 11 is 0. The van der Waals surface area contributed by atoms with Crippen molar-refractivity contribution in [3.05, 3.63) is 48.0 Å². The molecule has 0 radical (unpaired) electrons. The summed E-state index contributed by atoms with van der Waals surface area (Å²) in [6.07, 6.45) is 5.34. The fraction of sp³-hybridized carbons (Fsp3) is 0.600. The number of Topliss-reactive ketones (excluding diaryl/α,β-unsaturated/α-hetero) is 1. The molecule has 2 N–H and O–H groups in total. The lowest BCUT2D eigenvalue weighted by Gasteiger charge is -2.32. The largest absolute Gasteiger partial charge is 0.346 e. The van der Waals surface area contributed by atoms with E-state index >= 15 is 0 Å². The SMILES string of the molecule is CC(C)(C)NCC1CCC(C(=O)NC(CCc2ccc3ccccc3c2)C(=O)C(C)(C)C)CC1. The molecule has 1 fully saturated rings. The van der Waals surface area contributed by atoms with Gasteiger partial charge in [-0.05, 0) is 88.1 Å². The van der Waals surface area contributed by atoms with Crippen molar-refractivity contribution >= 4 is 22.5 Å². The van der Waals surface area contributed by atoms with E-state index in [9.17, 15) is 9.59 Å². The van der Waals surface area contributed by atoms with Crippen LogP contribution in [0.4, 0.5) is 0 Å². The van der Waals surface area contributed by atoms with Gasteiger partial charge >= 0.3 is 0 Å². The van der Waals surface area contributed by atoms with Crippen molar-refractivity contribution in [2.75, 3.05) is 6.54 Å². The number of amides is 1. The number of benzene rings is 2. The lowest BCUT2D eigenvalue weighted by atomic mass is 9.80. The minimum Gasteiger partial charge on any atom is -0.346 e. The first kappa shape index (κ1) is 26.4. The molecule has 2 aromatic carbocycles. The average molecular weight is 465 g/mol. The Bertz CT molecular complexity index is 975. The summed E-state index contributed by atoms with van der Waals surface area (Å²) in [6.45, 7) is 13.4. The Kier molecular flexibility index (Phi) is 8.57. The van der Waals surface area contributed by atoms with Crippen molar-refractivity contribution in [1.29, 1.82) is 0 Å². The Morgan fingerprint density at radius 1 is 0.912 bits per heavy atom. The zero-order valence-corrected chi connectivity index (χ0v) is 22.0. The molecule has 0 aromatic heterocycles. The summed E-state index contributed by atoms with van der Waals surface area (Å²) in [5.41, 5.74) is 0.837. The van der Waals surface area contributed by atoms with E-state index in [1.54, 1.807) is 0 Å². The highest BCUT2D eigenvalue weighted by Gasteiger charge is 2.33. The zero-order chi connectivity index (χ0) is 24.9. The van der Waals surface area contributed by atoms with Gasteiger partial charge in [-0.25, -0.2) is 0 Å². The smallest absolute Gasteiger partial charge is 0.223 e. The Balaban J connectivity index is 1.59. The normalized spacial score (nSPS) is 20.2. The van der Waals surface area contributed by atoms with Crippen molar-refractivity contribution in [2.24, 2.45) is 17.3 Å². The van der Waals surface area contributed by atoms with Crippen LogP contribution >= 0.6 is 0 Å². The average Bonchev–Trinajstić information content (AvgIpc) is 2.79. The highest BCUT2D eigenvalue weighted by Crippen LogP contribution is 2.29. The topological polar surface area (TPSA) is 58.2 Å². The Morgan fingerprint density at radius 3 is 2.18 bits per heavy atom. The maximum absolute atomic E-state index is 13.2. The first-order valence-corrected chi connectivity index (χ1v) is 13.0. The van der Waals surface area contributed by atoms with Gasteiger partial charge in [0.2, 0.25) is 5.91 Å². The highest BCUT2D eigenvalue weighted by atomic mass is 16.2. The van der Waals surface area contributed by atoms with E-state index in [-0.39, 0.29) is 23.1 Å². The quantitative estimate of drug-likeness (QED) is 0.499. The van der Waals surface area contributed by atoms with Gasteiger partial charge < -0.3 is 10.6 Å². The lowest BCUT2D eigenvalue weighted by Crippen LogP contribution is -2.48. The number of aryl methyl sites for hydroxylation is 1. The molecular weight excluding hydrogens is 420 g/mol. The van der Waals surface area contributed by atoms with Crippen LogP contribution in [0.2, 0.25) is 0 Å². The molecule has 1 aliphatic rings. The van der Waals surface area contributed by atoms with Gasteiger partial charge in [-0.3, -0.25) is 9.59 Å². The molecule has 1 unspecified atom stereocenters. The predicted molar refractivity (Wildman–Crippen MR) is 142 cm³/mol. The van der Waals surface area contributed by atoms with E-state index in [4.69, 9.17) is 0 Å². The third-order valence-electron chi connectivity index (χ3n) is 7.05. The van der Waals surface area contributed by atoms with Gasteiger partial charge in [0.25, 0.3) is 0 Å². The minimum atomic E-state index is -0.488. The first-order valence-electron chi connectivity index (χ1n) is 13.0. The van der Waals surface area contributed by atoms with Crippen LogP contribution in [0.15, 0.2) is 42.5 Å². The molecule has 186 valence electrons. The van der Waals surface area contributed by atoms with Gasteiger partial charge in [0.1, 0.15) is 0 Å². The molecule has 3 rings (SSSR count). The maximum atomic E-state index is 13.2. The third kappa shape index (κ3) is 7.66. The zero-order valence-electron chi connectivity index (χ0n) is 22.0. The molecule has 1 atom stereocenters. The number of fused-ring (bicyclic) bond motifs is 1. The van der Waals surface area contributed by atoms with Crippen molar-refractivity contribution in [1.82, 2.24) is 10.6 Å². The highest BCUT2D eigenvalue weighted by molar-refractivity contribution is 5.93. The molecule has 0 spiro atoms.